The van der Waals surface area contributed by atoms with Crippen LogP contribution in [0.3, 0.4) is 0 Å². The van der Waals surface area contributed by atoms with Crippen LogP contribution in [0.2, 0.25) is 5.02 Å². The highest BCUT2D eigenvalue weighted by Crippen LogP contribution is 2.32. The molecule has 0 saturated heterocycles. The first-order valence-electron chi connectivity index (χ1n) is 13.6. The molecular weight excluding hydrogens is 578 g/mol. The van der Waals surface area contributed by atoms with E-state index in [1.165, 1.54) is 37.3 Å². The molecule has 0 bridgehead atoms. The van der Waals surface area contributed by atoms with E-state index < -0.39 is 28.5 Å². The maximum absolute atomic E-state index is 14.1. The summed E-state index contributed by atoms with van der Waals surface area (Å²) in [6.07, 6.45) is 1.70. The van der Waals surface area contributed by atoms with Crippen LogP contribution in [-0.4, -0.2) is 58.5 Å². The summed E-state index contributed by atoms with van der Waals surface area (Å²) in [5.41, 5.74) is 1.92. The molecule has 1 N–H and O–H groups in total. The summed E-state index contributed by atoms with van der Waals surface area (Å²) >= 11 is 6.20. The number of carbonyl (C=O) groups excluding carboxylic acids is 2. The summed E-state index contributed by atoms with van der Waals surface area (Å²) in [6, 6.07) is 17.2. The lowest BCUT2D eigenvalue weighted by Crippen LogP contribution is -2.51. The molecule has 0 spiro atoms. The van der Waals surface area contributed by atoms with Crippen molar-refractivity contribution in [3.8, 4) is 11.5 Å². The van der Waals surface area contributed by atoms with Gasteiger partial charge in [-0.3, -0.25) is 13.9 Å². The van der Waals surface area contributed by atoms with Gasteiger partial charge in [0.25, 0.3) is 10.0 Å². The number of hydrogen-bond acceptors (Lipinski definition) is 6. The molecule has 0 saturated carbocycles. The summed E-state index contributed by atoms with van der Waals surface area (Å²) in [6.45, 7) is 5.51. The van der Waals surface area contributed by atoms with Gasteiger partial charge in [0.1, 0.15) is 12.6 Å². The van der Waals surface area contributed by atoms with E-state index in [2.05, 4.69) is 5.32 Å². The van der Waals surface area contributed by atoms with Crippen molar-refractivity contribution in [1.82, 2.24) is 10.2 Å². The summed E-state index contributed by atoms with van der Waals surface area (Å²) < 4.78 is 39.8. The number of carbonyl (C=O) groups is 2. The van der Waals surface area contributed by atoms with Gasteiger partial charge in [0, 0.05) is 24.2 Å². The lowest BCUT2D eigenvalue weighted by Gasteiger charge is -2.32. The molecule has 3 rings (SSSR count). The number of ether oxygens (including phenoxy) is 2. The van der Waals surface area contributed by atoms with Gasteiger partial charge in [-0.05, 0) is 62.2 Å². The fourth-order valence-corrected chi connectivity index (χ4v) is 5.94. The molecular formula is C31H38ClN3O6S. The molecule has 0 heterocycles. The van der Waals surface area contributed by atoms with Crippen LogP contribution in [-0.2, 0) is 26.2 Å². The second-order valence-corrected chi connectivity index (χ2v) is 12.1. The fraction of sp³-hybridized carbons (Fsp3) is 0.355. The largest absolute Gasteiger partial charge is 0.493 e. The number of unbranched alkanes of at least 4 members (excludes halogenated alkanes) is 1. The van der Waals surface area contributed by atoms with Crippen LogP contribution < -0.4 is 19.1 Å². The van der Waals surface area contributed by atoms with E-state index in [1.54, 1.807) is 55.5 Å². The first kappa shape index (κ1) is 32.8. The Kier molecular flexibility index (Phi) is 11.6. The van der Waals surface area contributed by atoms with E-state index >= 15 is 0 Å². The number of amides is 2. The van der Waals surface area contributed by atoms with Crippen LogP contribution in [0.4, 0.5) is 5.69 Å². The average molecular weight is 616 g/mol. The standard InChI is InChI=1S/C31H38ClN3O6S/c1-6-7-17-33-31(37)23(3)34(20-24-9-8-10-25(32)18-24)30(36)21-35(26-13-11-22(2)12-14-26)42(38,39)27-15-16-28(40-4)29(19-27)41-5/h8-16,18-19,23H,6-7,17,20-21H2,1-5H3,(H,33,37). The lowest BCUT2D eigenvalue weighted by atomic mass is 10.1. The molecule has 42 heavy (non-hydrogen) atoms. The Morgan fingerprint density at radius 1 is 0.976 bits per heavy atom. The quantitative estimate of drug-likeness (QED) is 0.250. The number of sulfonamides is 1. The third-order valence-corrected chi connectivity index (χ3v) is 8.79. The highest BCUT2D eigenvalue weighted by atomic mass is 35.5. The second-order valence-electron chi connectivity index (χ2n) is 9.84. The summed E-state index contributed by atoms with van der Waals surface area (Å²) in [5, 5.41) is 3.35. The molecule has 0 aromatic heterocycles. The summed E-state index contributed by atoms with van der Waals surface area (Å²) in [7, 11) is -1.40. The minimum Gasteiger partial charge on any atom is -0.493 e. The van der Waals surface area contributed by atoms with Crippen molar-refractivity contribution in [2.75, 3.05) is 31.6 Å². The third kappa shape index (κ3) is 8.17. The average Bonchev–Trinajstić information content (AvgIpc) is 2.98. The van der Waals surface area contributed by atoms with Crippen LogP contribution in [0.1, 0.15) is 37.8 Å². The van der Waals surface area contributed by atoms with Crippen LogP contribution in [0.5, 0.6) is 11.5 Å². The smallest absolute Gasteiger partial charge is 0.264 e. The molecule has 3 aromatic carbocycles. The Balaban J connectivity index is 2.04. The Hall–Kier alpha value is -3.76. The molecule has 3 aromatic rings. The first-order chi connectivity index (χ1) is 20.0. The van der Waals surface area contributed by atoms with E-state index in [9.17, 15) is 18.0 Å². The summed E-state index contributed by atoms with van der Waals surface area (Å²) in [4.78, 5) is 28.4. The van der Waals surface area contributed by atoms with E-state index in [1.807, 2.05) is 13.8 Å². The van der Waals surface area contributed by atoms with Gasteiger partial charge in [-0.2, -0.15) is 0 Å². The first-order valence-corrected chi connectivity index (χ1v) is 15.5. The number of rotatable bonds is 14. The maximum Gasteiger partial charge on any atom is 0.264 e. The second kappa shape index (κ2) is 14.9. The number of nitrogens with zero attached hydrogens (tertiary/aromatic N) is 2. The lowest BCUT2D eigenvalue weighted by molar-refractivity contribution is -0.139. The number of halogens is 1. The van der Waals surface area contributed by atoms with E-state index in [4.69, 9.17) is 21.1 Å². The number of nitrogens with one attached hydrogen (secondary N) is 1. The highest BCUT2D eigenvalue weighted by Gasteiger charge is 2.33. The zero-order chi connectivity index (χ0) is 30.9. The Morgan fingerprint density at radius 2 is 1.67 bits per heavy atom. The molecule has 1 unspecified atom stereocenters. The molecule has 0 radical (unpaired) electrons. The van der Waals surface area contributed by atoms with Crippen LogP contribution >= 0.6 is 11.6 Å². The van der Waals surface area contributed by atoms with Crippen molar-refractivity contribution in [2.24, 2.45) is 0 Å². The van der Waals surface area contributed by atoms with Gasteiger partial charge in [0.15, 0.2) is 11.5 Å². The normalized spacial score (nSPS) is 11.9. The van der Waals surface area contributed by atoms with Crippen molar-refractivity contribution in [1.29, 1.82) is 0 Å². The summed E-state index contributed by atoms with van der Waals surface area (Å²) in [5.74, 6) is -0.292. The molecule has 0 aliphatic carbocycles. The zero-order valence-corrected chi connectivity index (χ0v) is 26.2. The van der Waals surface area contributed by atoms with E-state index in [0.29, 0.717) is 28.6 Å². The third-order valence-electron chi connectivity index (χ3n) is 6.78. The molecule has 0 aliphatic rings. The highest BCUT2D eigenvalue weighted by molar-refractivity contribution is 7.92. The minimum absolute atomic E-state index is 0.0555. The fourth-order valence-electron chi connectivity index (χ4n) is 4.29. The van der Waals surface area contributed by atoms with Gasteiger partial charge < -0.3 is 19.7 Å². The maximum atomic E-state index is 14.1. The Morgan fingerprint density at radius 3 is 2.29 bits per heavy atom. The van der Waals surface area contributed by atoms with Gasteiger partial charge in [0.05, 0.1) is 24.8 Å². The predicted molar refractivity (Wildman–Crippen MR) is 165 cm³/mol. The molecule has 1 atom stereocenters. The zero-order valence-electron chi connectivity index (χ0n) is 24.6. The number of anilines is 1. The van der Waals surface area contributed by atoms with Gasteiger partial charge in [0.2, 0.25) is 11.8 Å². The van der Waals surface area contributed by atoms with Crippen molar-refractivity contribution < 1.29 is 27.5 Å². The van der Waals surface area contributed by atoms with Crippen LogP contribution in [0.25, 0.3) is 0 Å². The Labute approximate surface area is 253 Å². The number of methoxy groups -OCH3 is 2. The number of benzene rings is 3. The van der Waals surface area contributed by atoms with Gasteiger partial charge in [-0.15, -0.1) is 0 Å². The molecule has 0 aliphatic heterocycles. The predicted octanol–water partition coefficient (Wildman–Crippen LogP) is 5.19. The SMILES string of the molecule is CCCCNC(=O)C(C)N(Cc1cccc(Cl)c1)C(=O)CN(c1ccc(C)cc1)S(=O)(=O)c1ccc(OC)c(OC)c1. The van der Waals surface area contributed by atoms with Crippen molar-refractivity contribution in [3.05, 3.63) is 82.9 Å². The van der Waals surface area contributed by atoms with Gasteiger partial charge in [-0.1, -0.05) is 54.8 Å². The molecule has 11 heteroatoms. The minimum atomic E-state index is -4.27. The van der Waals surface area contributed by atoms with Crippen molar-refractivity contribution >= 4 is 39.1 Å². The van der Waals surface area contributed by atoms with E-state index in [0.717, 1.165) is 22.7 Å². The van der Waals surface area contributed by atoms with E-state index in [-0.39, 0.29) is 23.1 Å². The molecule has 226 valence electrons. The number of aryl methyl sites for hydroxylation is 1. The monoisotopic (exact) mass is 615 g/mol. The van der Waals surface area contributed by atoms with Gasteiger partial charge >= 0.3 is 0 Å². The molecule has 9 nitrogen and oxygen atoms in total. The topological polar surface area (TPSA) is 105 Å². The van der Waals surface area contributed by atoms with Crippen LogP contribution in [0.15, 0.2) is 71.6 Å². The van der Waals surface area contributed by atoms with Gasteiger partial charge in [-0.25, -0.2) is 8.42 Å². The Bertz CT molecular complexity index is 1480. The van der Waals surface area contributed by atoms with Crippen molar-refractivity contribution in [2.45, 2.75) is 51.1 Å². The number of hydrogen-bond donors (Lipinski definition) is 1. The molecule has 0 fully saturated rings. The molecule has 2 amide bonds. The van der Waals surface area contributed by atoms with Crippen LogP contribution in [0, 0.1) is 6.92 Å². The van der Waals surface area contributed by atoms with Crippen molar-refractivity contribution in [3.63, 3.8) is 0 Å².